The van der Waals surface area contributed by atoms with Crippen LogP contribution in [-0.4, -0.2) is 44.5 Å². The number of aromatic nitrogens is 6. The minimum Gasteiger partial charge on any atom is -0.377 e. The second-order valence-electron chi connectivity index (χ2n) is 4.61. The number of hydrogen-bond donors (Lipinski definition) is 0. The van der Waals surface area contributed by atoms with Crippen LogP contribution < -0.4 is 4.90 Å². The van der Waals surface area contributed by atoms with Gasteiger partial charge in [0.05, 0.1) is 11.6 Å². The summed E-state index contributed by atoms with van der Waals surface area (Å²) in [5.74, 6) is 1.67. The number of fused-ring (bicyclic) bond motifs is 1. The van der Waals surface area contributed by atoms with E-state index in [2.05, 4.69) is 25.7 Å². The molecule has 0 fully saturated rings. The zero-order chi connectivity index (χ0) is 14.3. The van der Waals surface area contributed by atoms with Gasteiger partial charge in [-0.1, -0.05) is 10.3 Å². The molecule has 9 nitrogen and oxygen atoms in total. The fourth-order valence-corrected chi connectivity index (χ4v) is 2.30. The molecule has 1 aliphatic rings. The molecule has 0 N–H and O–H groups in total. The molecule has 20 heavy (non-hydrogen) atoms. The van der Waals surface area contributed by atoms with Crippen LogP contribution in [0.1, 0.15) is 31.6 Å². The Morgan fingerprint density at radius 1 is 1.40 bits per heavy atom. The number of hydrogen-bond acceptors (Lipinski definition) is 8. The lowest BCUT2D eigenvalue weighted by Gasteiger charge is -2.29. The standard InChI is InChI=1S/C11H15N7O2/c1-6-9(10-12-8(5-19-4)14-20-10)7(2)18-11(17(6)3)13-15-16-18/h7H,5H2,1-4H3. The van der Waals surface area contributed by atoms with Gasteiger partial charge in [0, 0.05) is 19.9 Å². The Balaban J connectivity index is 2.04. The third-order valence-electron chi connectivity index (χ3n) is 3.42. The highest BCUT2D eigenvalue weighted by Crippen LogP contribution is 2.37. The van der Waals surface area contributed by atoms with E-state index in [1.165, 1.54) is 0 Å². The first-order chi connectivity index (χ1) is 9.63. The van der Waals surface area contributed by atoms with Crippen molar-refractivity contribution in [2.24, 2.45) is 0 Å². The van der Waals surface area contributed by atoms with Crippen molar-refractivity contribution in [1.82, 2.24) is 30.3 Å². The minimum atomic E-state index is -0.0768. The molecule has 1 aliphatic heterocycles. The molecule has 0 saturated carbocycles. The SMILES string of the molecule is COCc1noc(C2=C(C)N(C)c3nnnn3C2C)n1. The van der Waals surface area contributed by atoms with Crippen LogP contribution in [0.2, 0.25) is 0 Å². The number of nitrogens with zero attached hydrogens (tertiary/aromatic N) is 7. The highest BCUT2D eigenvalue weighted by Gasteiger charge is 2.32. The van der Waals surface area contributed by atoms with E-state index < -0.39 is 0 Å². The first-order valence-electron chi connectivity index (χ1n) is 6.17. The Morgan fingerprint density at radius 2 is 2.20 bits per heavy atom. The molecule has 0 aliphatic carbocycles. The van der Waals surface area contributed by atoms with Crippen molar-refractivity contribution in [1.29, 1.82) is 0 Å². The van der Waals surface area contributed by atoms with Crippen LogP contribution in [0.3, 0.4) is 0 Å². The quantitative estimate of drug-likeness (QED) is 0.806. The molecule has 0 bridgehead atoms. The molecular formula is C11H15N7O2. The van der Waals surface area contributed by atoms with Crippen LogP contribution >= 0.6 is 0 Å². The zero-order valence-electron chi connectivity index (χ0n) is 11.7. The summed E-state index contributed by atoms with van der Waals surface area (Å²) in [5, 5.41) is 15.6. The van der Waals surface area contributed by atoms with E-state index in [-0.39, 0.29) is 6.04 Å². The van der Waals surface area contributed by atoms with Gasteiger partial charge in [-0.2, -0.15) is 4.98 Å². The van der Waals surface area contributed by atoms with E-state index in [0.29, 0.717) is 24.3 Å². The van der Waals surface area contributed by atoms with Crippen LogP contribution in [0, 0.1) is 0 Å². The van der Waals surface area contributed by atoms with Crippen LogP contribution in [0.25, 0.3) is 5.57 Å². The molecule has 1 unspecified atom stereocenters. The summed E-state index contributed by atoms with van der Waals surface area (Å²) in [6.45, 7) is 4.28. The van der Waals surface area contributed by atoms with Gasteiger partial charge >= 0.3 is 0 Å². The van der Waals surface area contributed by atoms with Crippen LogP contribution in [0.4, 0.5) is 5.95 Å². The fraction of sp³-hybridized carbons (Fsp3) is 0.545. The first-order valence-corrected chi connectivity index (χ1v) is 6.17. The Bertz CT molecular complexity index is 659. The Hall–Kier alpha value is -2.29. The van der Waals surface area contributed by atoms with E-state index in [1.807, 2.05) is 25.8 Å². The molecule has 3 rings (SSSR count). The molecule has 9 heteroatoms. The van der Waals surface area contributed by atoms with E-state index in [9.17, 15) is 0 Å². The van der Waals surface area contributed by atoms with Crippen LogP contribution in [-0.2, 0) is 11.3 Å². The zero-order valence-corrected chi connectivity index (χ0v) is 11.7. The van der Waals surface area contributed by atoms with E-state index in [4.69, 9.17) is 9.26 Å². The normalized spacial score (nSPS) is 18.6. The van der Waals surface area contributed by atoms with Gasteiger partial charge < -0.3 is 14.2 Å². The highest BCUT2D eigenvalue weighted by atomic mass is 16.5. The molecular weight excluding hydrogens is 262 g/mol. The van der Waals surface area contributed by atoms with E-state index >= 15 is 0 Å². The van der Waals surface area contributed by atoms with Gasteiger partial charge in [0.15, 0.2) is 5.82 Å². The van der Waals surface area contributed by atoms with Gasteiger partial charge in [-0.05, 0) is 24.3 Å². The molecule has 0 aromatic carbocycles. The van der Waals surface area contributed by atoms with Gasteiger partial charge in [-0.3, -0.25) is 0 Å². The number of allylic oxidation sites excluding steroid dienone is 2. The van der Waals surface area contributed by atoms with Crippen molar-refractivity contribution < 1.29 is 9.26 Å². The van der Waals surface area contributed by atoms with Crippen molar-refractivity contribution in [2.45, 2.75) is 26.5 Å². The predicted octanol–water partition coefficient (Wildman–Crippen LogP) is 0.644. The second kappa shape index (κ2) is 4.67. The van der Waals surface area contributed by atoms with Gasteiger partial charge in [-0.25, -0.2) is 4.68 Å². The van der Waals surface area contributed by atoms with Crippen molar-refractivity contribution >= 4 is 11.5 Å². The van der Waals surface area contributed by atoms with Crippen molar-refractivity contribution in [3.8, 4) is 0 Å². The van der Waals surface area contributed by atoms with Gasteiger partial charge in [0.25, 0.3) is 5.89 Å². The molecule has 0 radical (unpaired) electrons. The van der Waals surface area contributed by atoms with Gasteiger partial charge in [0.2, 0.25) is 5.95 Å². The smallest absolute Gasteiger partial charge is 0.257 e. The Morgan fingerprint density at radius 3 is 2.95 bits per heavy atom. The monoisotopic (exact) mass is 277 g/mol. The van der Waals surface area contributed by atoms with E-state index in [1.54, 1.807) is 11.8 Å². The summed E-state index contributed by atoms with van der Waals surface area (Å²) in [7, 11) is 3.49. The number of anilines is 1. The minimum absolute atomic E-state index is 0.0768. The molecule has 106 valence electrons. The molecule has 0 saturated heterocycles. The molecule has 2 aromatic rings. The summed E-state index contributed by atoms with van der Waals surface area (Å²) in [6, 6.07) is -0.0768. The lowest BCUT2D eigenvalue weighted by molar-refractivity contribution is 0.174. The van der Waals surface area contributed by atoms with Crippen molar-refractivity contribution in [3.05, 3.63) is 17.4 Å². The number of methoxy groups -OCH3 is 1. The summed E-state index contributed by atoms with van der Waals surface area (Å²) in [4.78, 5) is 6.25. The topological polar surface area (TPSA) is 95.0 Å². The molecule has 1 atom stereocenters. The summed E-state index contributed by atoms with van der Waals surface area (Å²) in [5.41, 5.74) is 1.88. The summed E-state index contributed by atoms with van der Waals surface area (Å²) >= 11 is 0. The van der Waals surface area contributed by atoms with Crippen molar-refractivity contribution in [2.75, 3.05) is 19.1 Å². The maximum atomic E-state index is 5.33. The fourth-order valence-electron chi connectivity index (χ4n) is 2.30. The number of rotatable bonds is 3. The summed E-state index contributed by atoms with van der Waals surface area (Å²) < 4.78 is 12.1. The first kappa shape index (κ1) is 12.7. The Kier molecular flexibility index (Phi) is 2.97. The summed E-state index contributed by atoms with van der Waals surface area (Å²) in [6.07, 6.45) is 0. The van der Waals surface area contributed by atoms with Crippen LogP contribution in [0.15, 0.2) is 10.2 Å². The maximum absolute atomic E-state index is 5.33. The van der Waals surface area contributed by atoms with Gasteiger partial charge in [-0.15, -0.1) is 0 Å². The average Bonchev–Trinajstić information content (AvgIpc) is 3.06. The molecule has 2 aromatic heterocycles. The molecule has 3 heterocycles. The third-order valence-corrected chi connectivity index (χ3v) is 3.42. The molecule has 0 spiro atoms. The van der Waals surface area contributed by atoms with Crippen LogP contribution in [0.5, 0.6) is 0 Å². The lowest BCUT2D eigenvalue weighted by atomic mass is 10.0. The largest absolute Gasteiger partial charge is 0.377 e. The highest BCUT2D eigenvalue weighted by molar-refractivity contribution is 5.71. The number of tetrazole rings is 1. The maximum Gasteiger partial charge on any atom is 0.257 e. The van der Waals surface area contributed by atoms with E-state index in [0.717, 1.165) is 11.3 Å². The van der Waals surface area contributed by atoms with Crippen molar-refractivity contribution in [3.63, 3.8) is 0 Å². The lowest BCUT2D eigenvalue weighted by Crippen LogP contribution is -2.29. The average molecular weight is 277 g/mol. The molecule has 0 amide bonds. The Labute approximate surface area is 115 Å². The number of ether oxygens (including phenoxy) is 1. The third kappa shape index (κ3) is 1.78. The second-order valence-corrected chi connectivity index (χ2v) is 4.61. The van der Waals surface area contributed by atoms with Gasteiger partial charge in [0.1, 0.15) is 6.61 Å². The predicted molar refractivity (Wildman–Crippen MR) is 68.5 cm³/mol.